The number of ether oxygens (including phenoxy) is 1. The van der Waals surface area contributed by atoms with E-state index >= 15 is 0 Å². The highest BCUT2D eigenvalue weighted by Gasteiger charge is 2.09. The summed E-state index contributed by atoms with van der Waals surface area (Å²) >= 11 is 0. The van der Waals surface area contributed by atoms with Gasteiger partial charge in [0.25, 0.3) is 0 Å². The van der Waals surface area contributed by atoms with Crippen LogP contribution in [0.3, 0.4) is 0 Å². The van der Waals surface area contributed by atoms with Crippen LogP contribution in [-0.4, -0.2) is 23.9 Å². The minimum Gasteiger partial charge on any atom is -0.497 e. The number of aromatic nitrogens is 2. The molecule has 2 N–H and O–H groups in total. The Morgan fingerprint density at radius 2 is 2.21 bits per heavy atom. The second-order valence-electron chi connectivity index (χ2n) is 4.58. The summed E-state index contributed by atoms with van der Waals surface area (Å²) in [6.45, 7) is 1.30. The summed E-state index contributed by atoms with van der Waals surface area (Å²) in [6, 6.07) is 5.95. The van der Waals surface area contributed by atoms with Crippen LogP contribution in [0.25, 0.3) is 0 Å². The van der Waals surface area contributed by atoms with E-state index < -0.39 is 0 Å². The summed E-state index contributed by atoms with van der Waals surface area (Å²) in [4.78, 5) is 2.15. The second kappa shape index (κ2) is 5.75. The summed E-state index contributed by atoms with van der Waals surface area (Å²) in [7, 11) is 5.63. The third-order valence-corrected chi connectivity index (χ3v) is 3.10. The van der Waals surface area contributed by atoms with Crippen molar-refractivity contribution >= 4 is 5.69 Å². The van der Waals surface area contributed by atoms with Crippen LogP contribution in [0, 0.1) is 0 Å². The van der Waals surface area contributed by atoms with Crippen LogP contribution >= 0.6 is 0 Å². The van der Waals surface area contributed by atoms with Gasteiger partial charge in [-0.1, -0.05) is 6.07 Å². The van der Waals surface area contributed by atoms with Gasteiger partial charge in [-0.2, -0.15) is 5.10 Å². The number of anilines is 1. The van der Waals surface area contributed by atoms with Crippen LogP contribution in [0.4, 0.5) is 5.69 Å². The summed E-state index contributed by atoms with van der Waals surface area (Å²) < 4.78 is 7.08. The van der Waals surface area contributed by atoms with E-state index in [1.54, 1.807) is 11.8 Å². The molecule has 0 fully saturated rings. The molecule has 1 aromatic heterocycles. The van der Waals surface area contributed by atoms with E-state index in [9.17, 15) is 0 Å². The van der Waals surface area contributed by atoms with Gasteiger partial charge < -0.3 is 15.4 Å². The van der Waals surface area contributed by atoms with Gasteiger partial charge in [0.15, 0.2) is 0 Å². The predicted molar refractivity (Wildman–Crippen MR) is 76.2 cm³/mol. The predicted octanol–water partition coefficient (Wildman–Crippen LogP) is 1.52. The average Bonchev–Trinajstić information content (AvgIpc) is 2.83. The van der Waals surface area contributed by atoms with Crippen LogP contribution in [-0.2, 0) is 20.1 Å². The van der Waals surface area contributed by atoms with Gasteiger partial charge in [0, 0.05) is 50.7 Å². The molecule has 0 amide bonds. The molecule has 2 aromatic rings. The van der Waals surface area contributed by atoms with Crippen molar-refractivity contribution in [2.24, 2.45) is 12.8 Å². The highest BCUT2D eigenvalue weighted by Crippen LogP contribution is 2.26. The lowest BCUT2D eigenvalue weighted by Gasteiger charge is -2.22. The molecule has 19 heavy (non-hydrogen) atoms. The lowest BCUT2D eigenvalue weighted by atomic mass is 10.1. The lowest BCUT2D eigenvalue weighted by molar-refractivity contribution is 0.414. The Hall–Kier alpha value is -2.01. The molecular weight excluding hydrogens is 240 g/mol. The van der Waals surface area contributed by atoms with Gasteiger partial charge >= 0.3 is 0 Å². The molecule has 0 spiro atoms. The van der Waals surface area contributed by atoms with Crippen LogP contribution in [0.1, 0.15) is 11.1 Å². The lowest BCUT2D eigenvalue weighted by Crippen LogP contribution is -2.18. The minimum atomic E-state index is 0.511. The molecule has 0 atom stereocenters. The van der Waals surface area contributed by atoms with E-state index in [4.69, 9.17) is 10.5 Å². The third kappa shape index (κ3) is 3.06. The molecule has 0 unspecified atom stereocenters. The Morgan fingerprint density at radius 1 is 1.42 bits per heavy atom. The highest BCUT2D eigenvalue weighted by atomic mass is 16.5. The van der Waals surface area contributed by atoms with Crippen LogP contribution in [0.15, 0.2) is 30.6 Å². The van der Waals surface area contributed by atoms with E-state index in [0.717, 1.165) is 29.1 Å². The smallest absolute Gasteiger partial charge is 0.120 e. The summed E-state index contributed by atoms with van der Waals surface area (Å²) in [5, 5.41) is 4.18. The first kappa shape index (κ1) is 13.4. The van der Waals surface area contributed by atoms with Crippen molar-refractivity contribution in [3.8, 4) is 5.75 Å². The number of nitrogens with two attached hydrogens (primary N) is 1. The number of hydrogen-bond donors (Lipinski definition) is 1. The second-order valence-corrected chi connectivity index (χ2v) is 4.58. The van der Waals surface area contributed by atoms with Crippen LogP contribution in [0.2, 0.25) is 0 Å². The van der Waals surface area contributed by atoms with Crippen molar-refractivity contribution in [2.45, 2.75) is 13.1 Å². The maximum absolute atomic E-state index is 5.79. The van der Waals surface area contributed by atoms with Gasteiger partial charge in [-0.05, 0) is 11.6 Å². The van der Waals surface area contributed by atoms with Crippen LogP contribution < -0.4 is 15.4 Å². The quantitative estimate of drug-likeness (QED) is 0.885. The molecule has 0 saturated carbocycles. The molecule has 0 aliphatic carbocycles. The SMILES string of the molecule is COc1ccc(CN)c(N(C)Cc2cnn(C)c2)c1. The first-order chi connectivity index (χ1) is 9.13. The fourth-order valence-corrected chi connectivity index (χ4v) is 2.11. The first-order valence-electron chi connectivity index (χ1n) is 6.19. The standard InChI is InChI=1S/C14H20N4O/c1-17(9-11-8-16-18(2)10-11)14-6-13(19-3)5-4-12(14)7-15/h4-6,8,10H,7,9,15H2,1-3H3. The Balaban J connectivity index is 2.23. The van der Waals surface area contributed by atoms with Gasteiger partial charge in [-0.3, -0.25) is 4.68 Å². The molecule has 0 aliphatic rings. The van der Waals surface area contributed by atoms with Crippen LogP contribution in [0.5, 0.6) is 5.75 Å². The number of rotatable bonds is 5. The number of hydrogen-bond acceptors (Lipinski definition) is 4. The van der Waals surface area contributed by atoms with E-state index in [2.05, 4.69) is 10.00 Å². The Morgan fingerprint density at radius 3 is 2.79 bits per heavy atom. The highest BCUT2D eigenvalue weighted by molar-refractivity contribution is 5.57. The Labute approximate surface area is 113 Å². The fourth-order valence-electron chi connectivity index (χ4n) is 2.11. The first-order valence-corrected chi connectivity index (χ1v) is 6.19. The van der Waals surface area contributed by atoms with Gasteiger partial charge in [-0.25, -0.2) is 0 Å². The molecule has 0 saturated heterocycles. The molecule has 1 heterocycles. The number of aryl methyl sites for hydroxylation is 1. The Bertz CT molecular complexity index is 550. The van der Waals surface area contributed by atoms with E-state index in [-0.39, 0.29) is 0 Å². The monoisotopic (exact) mass is 260 g/mol. The van der Waals surface area contributed by atoms with Crippen molar-refractivity contribution in [3.63, 3.8) is 0 Å². The molecule has 5 heteroatoms. The van der Waals surface area contributed by atoms with Gasteiger partial charge in [0.05, 0.1) is 13.3 Å². The van der Waals surface area contributed by atoms with Crippen molar-refractivity contribution in [2.75, 3.05) is 19.1 Å². The number of benzene rings is 1. The normalized spacial score (nSPS) is 10.5. The Kier molecular flexibility index (Phi) is 4.06. The molecule has 5 nitrogen and oxygen atoms in total. The van der Waals surface area contributed by atoms with Crippen molar-refractivity contribution in [3.05, 3.63) is 41.7 Å². The van der Waals surface area contributed by atoms with Crippen molar-refractivity contribution in [1.82, 2.24) is 9.78 Å². The van der Waals surface area contributed by atoms with Crippen molar-refractivity contribution < 1.29 is 4.74 Å². The summed E-state index contributed by atoms with van der Waals surface area (Å²) in [5.41, 5.74) is 9.15. The van der Waals surface area contributed by atoms with E-state index in [0.29, 0.717) is 6.54 Å². The summed E-state index contributed by atoms with van der Waals surface area (Å²) in [5.74, 6) is 0.838. The van der Waals surface area contributed by atoms with Gasteiger partial charge in [-0.15, -0.1) is 0 Å². The molecule has 1 aromatic carbocycles. The van der Waals surface area contributed by atoms with Gasteiger partial charge in [0.1, 0.15) is 5.75 Å². The number of methoxy groups -OCH3 is 1. The molecule has 102 valence electrons. The maximum Gasteiger partial charge on any atom is 0.120 e. The third-order valence-electron chi connectivity index (χ3n) is 3.10. The van der Waals surface area contributed by atoms with E-state index in [1.807, 2.05) is 44.7 Å². The molecule has 0 bridgehead atoms. The zero-order valence-corrected chi connectivity index (χ0v) is 11.6. The minimum absolute atomic E-state index is 0.511. The van der Waals surface area contributed by atoms with Crippen molar-refractivity contribution in [1.29, 1.82) is 0 Å². The molecular formula is C14H20N4O. The van der Waals surface area contributed by atoms with E-state index in [1.165, 1.54) is 0 Å². The number of nitrogens with zero attached hydrogens (tertiary/aromatic N) is 3. The maximum atomic E-state index is 5.79. The molecule has 2 rings (SSSR count). The summed E-state index contributed by atoms with van der Waals surface area (Å²) in [6.07, 6.45) is 3.89. The zero-order chi connectivity index (χ0) is 13.8. The molecule has 0 radical (unpaired) electrons. The molecule has 0 aliphatic heterocycles. The zero-order valence-electron chi connectivity index (χ0n) is 11.6. The average molecular weight is 260 g/mol. The largest absolute Gasteiger partial charge is 0.497 e. The fraction of sp³-hybridized carbons (Fsp3) is 0.357. The topological polar surface area (TPSA) is 56.3 Å². The van der Waals surface area contributed by atoms with Gasteiger partial charge in [0.2, 0.25) is 0 Å².